The van der Waals surface area contributed by atoms with E-state index in [9.17, 15) is 4.79 Å². The first-order valence-electron chi connectivity index (χ1n) is 8.30. The Morgan fingerprint density at radius 3 is 2.26 bits per heavy atom. The molecular weight excluding hydrogens is 383 g/mol. The zero-order valence-corrected chi connectivity index (χ0v) is 15.9. The number of hydrogen-bond acceptors (Lipinski definition) is 4. The number of benzene rings is 1. The van der Waals surface area contributed by atoms with Crippen molar-refractivity contribution in [2.75, 3.05) is 0 Å². The summed E-state index contributed by atoms with van der Waals surface area (Å²) in [6, 6.07) is 12.6. The lowest BCUT2D eigenvalue weighted by Gasteiger charge is -2.33. The van der Waals surface area contributed by atoms with E-state index in [2.05, 4.69) is 15.3 Å². The van der Waals surface area contributed by atoms with Crippen LogP contribution in [0.15, 0.2) is 67.3 Å². The van der Waals surface area contributed by atoms with Crippen LogP contribution in [0.3, 0.4) is 0 Å². The highest BCUT2D eigenvalue weighted by atomic mass is 35.5. The van der Waals surface area contributed by atoms with E-state index >= 15 is 0 Å². The smallest absolute Gasteiger partial charge is 0.242 e. The Balaban J connectivity index is 2.07. The molecule has 1 atom stereocenters. The van der Waals surface area contributed by atoms with Crippen molar-refractivity contribution in [3.05, 3.63) is 94.0 Å². The fourth-order valence-corrected chi connectivity index (χ4v) is 3.42. The summed E-state index contributed by atoms with van der Waals surface area (Å²) in [5.41, 5.74) is 6.91. The van der Waals surface area contributed by atoms with Crippen molar-refractivity contribution >= 4 is 29.1 Å². The van der Waals surface area contributed by atoms with Crippen LogP contribution in [0, 0.1) is 0 Å². The molecule has 0 fully saturated rings. The van der Waals surface area contributed by atoms with Gasteiger partial charge in [-0.15, -0.1) is 0 Å². The minimum absolute atomic E-state index is 0.274. The van der Waals surface area contributed by atoms with E-state index in [4.69, 9.17) is 28.9 Å². The van der Waals surface area contributed by atoms with Gasteiger partial charge in [-0.3, -0.25) is 20.1 Å². The zero-order chi connectivity index (χ0) is 19.3. The number of aromatic nitrogens is 2. The topological polar surface area (TPSA) is 80.9 Å². The molecule has 27 heavy (non-hydrogen) atoms. The zero-order valence-electron chi connectivity index (χ0n) is 14.4. The molecule has 138 valence electrons. The number of primary amides is 1. The number of nitrogens with two attached hydrogens (primary N) is 1. The fraction of sp³-hybridized carbons (Fsp3) is 0.150. The molecule has 0 aliphatic carbocycles. The van der Waals surface area contributed by atoms with E-state index in [0.29, 0.717) is 22.2 Å². The highest BCUT2D eigenvalue weighted by Gasteiger charge is 2.40. The molecule has 2 aromatic heterocycles. The molecule has 5 nitrogen and oxygen atoms in total. The predicted molar refractivity (Wildman–Crippen MR) is 106 cm³/mol. The maximum absolute atomic E-state index is 12.7. The van der Waals surface area contributed by atoms with Crippen molar-refractivity contribution in [3.63, 3.8) is 0 Å². The van der Waals surface area contributed by atoms with Gasteiger partial charge in [0.1, 0.15) is 5.54 Å². The molecule has 0 aliphatic heterocycles. The van der Waals surface area contributed by atoms with Crippen molar-refractivity contribution in [2.24, 2.45) is 5.73 Å². The summed E-state index contributed by atoms with van der Waals surface area (Å²) < 4.78 is 0. The second-order valence-electron chi connectivity index (χ2n) is 6.12. The van der Waals surface area contributed by atoms with E-state index < -0.39 is 11.4 Å². The Labute approximate surface area is 167 Å². The third-order valence-electron chi connectivity index (χ3n) is 4.34. The number of pyridine rings is 2. The van der Waals surface area contributed by atoms with Crippen LogP contribution in [-0.2, 0) is 23.3 Å². The maximum Gasteiger partial charge on any atom is 0.242 e. The first kappa shape index (κ1) is 19.3. The summed E-state index contributed by atoms with van der Waals surface area (Å²) in [7, 11) is 0. The fourth-order valence-electron chi connectivity index (χ4n) is 2.96. The number of carbonyl (C=O) groups is 1. The van der Waals surface area contributed by atoms with Crippen LogP contribution in [-0.4, -0.2) is 15.9 Å². The Bertz CT molecular complexity index is 922. The van der Waals surface area contributed by atoms with Crippen molar-refractivity contribution in [1.29, 1.82) is 0 Å². The molecule has 0 bridgehead atoms. The third kappa shape index (κ3) is 4.27. The van der Waals surface area contributed by atoms with E-state index in [1.54, 1.807) is 43.0 Å². The van der Waals surface area contributed by atoms with Crippen LogP contribution in [0.4, 0.5) is 0 Å². The summed E-state index contributed by atoms with van der Waals surface area (Å²) >= 11 is 12.7. The van der Waals surface area contributed by atoms with Crippen LogP contribution in [0.25, 0.3) is 0 Å². The lowest BCUT2D eigenvalue weighted by molar-refractivity contribution is -0.125. The van der Waals surface area contributed by atoms with Gasteiger partial charge in [-0.25, -0.2) is 0 Å². The first-order chi connectivity index (χ1) is 13.0. The molecule has 0 aliphatic rings. The summed E-state index contributed by atoms with van der Waals surface area (Å²) in [6.07, 6.45) is 7.06. The van der Waals surface area contributed by atoms with Gasteiger partial charge in [0, 0.05) is 43.3 Å². The van der Waals surface area contributed by atoms with Crippen molar-refractivity contribution in [3.8, 4) is 0 Å². The Hall–Kier alpha value is -2.47. The van der Waals surface area contributed by atoms with Crippen molar-refractivity contribution in [1.82, 2.24) is 15.3 Å². The predicted octanol–water partition coefficient (Wildman–Crippen LogP) is 3.50. The molecule has 0 saturated heterocycles. The van der Waals surface area contributed by atoms with Gasteiger partial charge in [-0.05, 0) is 29.3 Å². The first-order valence-corrected chi connectivity index (χ1v) is 9.06. The molecule has 1 amide bonds. The van der Waals surface area contributed by atoms with Crippen LogP contribution in [0.5, 0.6) is 0 Å². The van der Waals surface area contributed by atoms with Crippen LogP contribution < -0.4 is 11.1 Å². The maximum atomic E-state index is 12.7. The lowest BCUT2D eigenvalue weighted by Crippen LogP contribution is -2.54. The number of amides is 1. The van der Waals surface area contributed by atoms with Gasteiger partial charge in [0.05, 0.1) is 10.0 Å². The molecule has 3 rings (SSSR count). The number of nitrogens with one attached hydrogen (secondary N) is 1. The molecule has 3 aromatic rings. The van der Waals surface area contributed by atoms with Crippen molar-refractivity contribution in [2.45, 2.75) is 18.5 Å². The molecule has 1 aromatic carbocycles. The molecular formula is C20H18Cl2N4O. The molecule has 3 N–H and O–H groups in total. The van der Waals surface area contributed by atoms with Crippen LogP contribution >= 0.6 is 23.2 Å². The average molecular weight is 401 g/mol. The SMILES string of the molecule is NC(=O)C(Cc1cccnc1)(NCc1cccnc1)c1cccc(Cl)c1Cl. The minimum Gasteiger partial charge on any atom is -0.368 e. The van der Waals surface area contributed by atoms with Gasteiger partial charge < -0.3 is 5.73 Å². The normalized spacial score (nSPS) is 13.1. The molecule has 0 saturated carbocycles. The van der Waals surface area contributed by atoms with Gasteiger partial charge >= 0.3 is 0 Å². The van der Waals surface area contributed by atoms with Gasteiger partial charge in [0.25, 0.3) is 0 Å². The highest BCUT2D eigenvalue weighted by molar-refractivity contribution is 6.42. The second-order valence-corrected chi connectivity index (χ2v) is 6.91. The van der Waals surface area contributed by atoms with Crippen LogP contribution in [0.2, 0.25) is 10.0 Å². The van der Waals surface area contributed by atoms with Gasteiger partial charge in [0.2, 0.25) is 5.91 Å². The monoisotopic (exact) mass is 400 g/mol. The molecule has 7 heteroatoms. The van der Waals surface area contributed by atoms with Crippen molar-refractivity contribution < 1.29 is 4.79 Å². The molecule has 0 spiro atoms. The number of halogens is 2. The largest absolute Gasteiger partial charge is 0.368 e. The van der Waals surface area contributed by atoms with E-state index in [1.807, 2.05) is 24.3 Å². The van der Waals surface area contributed by atoms with E-state index in [0.717, 1.165) is 11.1 Å². The summed E-state index contributed by atoms with van der Waals surface area (Å²) in [6.45, 7) is 0.375. The molecule has 0 radical (unpaired) electrons. The Kier molecular flexibility index (Phi) is 6.06. The van der Waals surface area contributed by atoms with Gasteiger partial charge in [-0.2, -0.15) is 0 Å². The number of rotatable bonds is 7. The minimum atomic E-state index is -1.26. The lowest BCUT2D eigenvalue weighted by atomic mass is 9.83. The van der Waals surface area contributed by atoms with E-state index in [1.165, 1.54) is 0 Å². The van der Waals surface area contributed by atoms with E-state index in [-0.39, 0.29) is 6.42 Å². The molecule has 1 unspecified atom stereocenters. The summed E-state index contributed by atoms with van der Waals surface area (Å²) in [4.78, 5) is 21.0. The van der Waals surface area contributed by atoms with Crippen LogP contribution in [0.1, 0.15) is 16.7 Å². The Morgan fingerprint density at radius 1 is 1.00 bits per heavy atom. The number of carbonyl (C=O) groups excluding carboxylic acids is 1. The summed E-state index contributed by atoms with van der Waals surface area (Å²) in [5.74, 6) is -0.556. The van der Waals surface area contributed by atoms with Gasteiger partial charge in [0.15, 0.2) is 0 Å². The third-order valence-corrected chi connectivity index (χ3v) is 5.16. The second kappa shape index (κ2) is 8.48. The molecule has 2 heterocycles. The Morgan fingerprint density at radius 2 is 1.67 bits per heavy atom. The number of hydrogen-bond donors (Lipinski definition) is 2. The quantitative estimate of drug-likeness (QED) is 0.635. The van der Waals surface area contributed by atoms with Gasteiger partial charge in [-0.1, -0.05) is 47.5 Å². The average Bonchev–Trinajstić information content (AvgIpc) is 2.69. The summed E-state index contributed by atoms with van der Waals surface area (Å²) in [5, 5.41) is 3.94. The standard InChI is InChI=1S/C20H18Cl2N4O/c21-17-7-1-6-16(18(17)22)20(19(23)27,10-14-4-2-8-24-11-14)26-13-15-5-3-9-25-12-15/h1-9,11-12,26H,10,13H2,(H2,23,27). The highest BCUT2D eigenvalue weighted by Crippen LogP contribution is 2.35. The number of nitrogens with zero attached hydrogens (tertiary/aromatic N) is 2.